The van der Waals surface area contributed by atoms with Crippen LogP contribution in [-0.4, -0.2) is 25.2 Å². The van der Waals surface area contributed by atoms with E-state index in [1.165, 1.54) is 0 Å². The number of hydrogen-bond acceptors (Lipinski definition) is 3. The number of fused-ring (bicyclic) bond motifs is 3. The molecule has 5 heteroatoms. The number of benzene rings is 1. The number of nitrogens with one attached hydrogen (secondary N) is 2. The van der Waals surface area contributed by atoms with Gasteiger partial charge in [-0.2, -0.15) is 9.66 Å². The summed E-state index contributed by atoms with van der Waals surface area (Å²) in [7, 11) is 1.69. The molecule has 0 aliphatic rings. The van der Waals surface area contributed by atoms with Gasteiger partial charge in [0.2, 0.25) is 11.5 Å². The van der Waals surface area contributed by atoms with Crippen LogP contribution < -0.4 is 9.72 Å². The van der Waals surface area contributed by atoms with Gasteiger partial charge in [-0.25, -0.2) is 0 Å². The molecule has 0 radical (unpaired) electrons. The molecular weight excluding hydrogens is 288 g/mol. The van der Waals surface area contributed by atoms with Crippen LogP contribution in [0.5, 0.6) is 0 Å². The Balaban J connectivity index is 2.27. The van der Waals surface area contributed by atoms with Crippen LogP contribution in [0.4, 0.5) is 5.82 Å². The number of methoxy groups -OCH3 is 1. The van der Waals surface area contributed by atoms with Gasteiger partial charge in [0.1, 0.15) is 22.7 Å². The van der Waals surface area contributed by atoms with Crippen LogP contribution in [0.15, 0.2) is 30.3 Å². The number of nitrogens with zero attached hydrogens (tertiary/aromatic N) is 2. The average molecular weight is 309 g/mol. The number of aromatic amines is 1. The zero-order valence-corrected chi connectivity index (χ0v) is 13.5. The lowest BCUT2D eigenvalue weighted by atomic mass is 10.1. The summed E-state index contributed by atoms with van der Waals surface area (Å²) >= 11 is 0. The Labute approximate surface area is 135 Å². The van der Waals surface area contributed by atoms with E-state index >= 15 is 0 Å². The number of nitriles is 1. The fraction of sp³-hybridized carbons (Fsp3) is 0.333. The second-order valence-electron chi connectivity index (χ2n) is 5.54. The van der Waals surface area contributed by atoms with Crippen LogP contribution in [0.25, 0.3) is 16.7 Å². The largest absolute Gasteiger partial charge is 0.381 e. The molecule has 0 aliphatic carbocycles. The summed E-state index contributed by atoms with van der Waals surface area (Å²) in [4.78, 5) is 3.40. The van der Waals surface area contributed by atoms with Crippen molar-refractivity contribution in [3.8, 4) is 6.07 Å². The Morgan fingerprint density at radius 3 is 2.91 bits per heavy atom. The van der Waals surface area contributed by atoms with Crippen molar-refractivity contribution in [2.24, 2.45) is 0 Å². The summed E-state index contributed by atoms with van der Waals surface area (Å²) in [5.74, 6) is 0.983. The third-order valence-corrected chi connectivity index (χ3v) is 3.97. The quantitative estimate of drug-likeness (QED) is 0.543. The second-order valence-corrected chi connectivity index (χ2v) is 5.54. The van der Waals surface area contributed by atoms with E-state index in [1.807, 2.05) is 18.2 Å². The van der Waals surface area contributed by atoms with Crippen molar-refractivity contribution in [3.63, 3.8) is 0 Å². The molecule has 0 aliphatic heterocycles. The highest BCUT2D eigenvalue weighted by molar-refractivity contribution is 5.77. The summed E-state index contributed by atoms with van der Waals surface area (Å²) < 4.78 is 7.22. The fourth-order valence-corrected chi connectivity index (χ4v) is 2.96. The normalized spacial score (nSPS) is 11.0. The zero-order chi connectivity index (χ0) is 16.2. The molecule has 2 heterocycles. The number of hydrogen-bond donors (Lipinski definition) is 2. The van der Waals surface area contributed by atoms with Gasteiger partial charge in [-0.15, -0.1) is 0 Å². The standard InChI is InChI=1S/C18H20N4O/c1-3-6-13-11-17(20-9-10-23-2)22-16-8-5-4-7-15(16)21-18(22)14(13)12-19/h4-5,7-8,11H,3,6,9-10H2,1-2H3,(H,20,21)/p+1. The molecule has 0 unspecified atom stereocenters. The van der Waals surface area contributed by atoms with E-state index in [-0.39, 0.29) is 0 Å². The predicted molar refractivity (Wildman–Crippen MR) is 90.5 cm³/mol. The molecule has 23 heavy (non-hydrogen) atoms. The Morgan fingerprint density at radius 1 is 1.35 bits per heavy atom. The number of anilines is 1. The lowest BCUT2D eigenvalue weighted by molar-refractivity contribution is -0.465. The van der Waals surface area contributed by atoms with Gasteiger partial charge in [0, 0.05) is 13.2 Å². The van der Waals surface area contributed by atoms with Crippen molar-refractivity contribution in [3.05, 3.63) is 41.5 Å². The number of aryl methyl sites for hydroxylation is 1. The summed E-state index contributed by atoms with van der Waals surface area (Å²) in [5.41, 5.74) is 4.72. The Kier molecular flexibility index (Phi) is 4.45. The molecule has 0 saturated carbocycles. The molecule has 0 amide bonds. The van der Waals surface area contributed by atoms with E-state index in [0.29, 0.717) is 6.61 Å². The zero-order valence-electron chi connectivity index (χ0n) is 13.5. The Morgan fingerprint density at radius 2 is 2.17 bits per heavy atom. The monoisotopic (exact) mass is 309 g/mol. The highest BCUT2D eigenvalue weighted by atomic mass is 16.5. The van der Waals surface area contributed by atoms with Gasteiger partial charge in [0.25, 0.3) is 0 Å². The molecule has 118 valence electrons. The molecule has 2 N–H and O–H groups in total. The topological polar surface area (TPSA) is 64.9 Å². The van der Waals surface area contributed by atoms with Crippen LogP contribution in [-0.2, 0) is 11.2 Å². The molecule has 0 spiro atoms. The summed E-state index contributed by atoms with van der Waals surface area (Å²) in [6.45, 7) is 3.48. The number of rotatable bonds is 6. The first kappa shape index (κ1) is 15.3. The summed E-state index contributed by atoms with van der Waals surface area (Å²) in [6.07, 6.45) is 1.89. The van der Waals surface area contributed by atoms with E-state index < -0.39 is 0 Å². The number of imidazole rings is 1. The van der Waals surface area contributed by atoms with Gasteiger partial charge in [-0.05, 0) is 24.1 Å². The SMILES string of the molecule is CCCc1cc(NCCOC)[n+]2c([nH]c3ccccc32)c1C#N. The molecule has 3 aromatic rings. The van der Waals surface area contributed by atoms with Crippen molar-refractivity contribution < 1.29 is 9.14 Å². The van der Waals surface area contributed by atoms with Gasteiger partial charge in [-0.3, -0.25) is 4.98 Å². The Hall–Kier alpha value is -2.58. The van der Waals surface area contributed by atoms with Gasteiger partial charge in [0.05, 0.1) is 13.2 Å². The third kappa shape index (κ3) is 2.73. The van der Waals surface area contributed by atoms with E-state index in [0.717, 1.165) is 53.0 Å². The van der Waals surface area contributed by atoms with Crippen LogP contribution in [0.3, 0.4) is 0 Å². The first-order chi connectivity index (χ1) is 11.3. The van der Waals surface area contributed by atoms with Crippen LogP contribution in [0.1, 0.15) is 24.5 Å². The van der Waals surface area contributed by atoms with Gasteiger partial charge < -0.3 is 10.1 Å². The molecule has 3 rings (SSSR count). The molecule has 0 atom stereocenters. The van der Waals surface area contributed by atoms with Crippen molar-refractivity contribution in [1.29, 1.82) is 5.26 Å². The smallest absolute Gasteiger partial charge is 0.250 e. The number of ether oxygens (including phenoxy) is 1. The summed E-state index contributed by atoms with van der Waals surface area (Å²) in [5, 5.41) is 13.1. The molecule has 1 aromatic carbocycles. The van der Waals surface area contributed by atoms with E-state index in [1.54, 1.807) is 7.11 Å². The van der Waals surface area contributed by atoms with Crippen LogP contribution in [0.2, 0.25) is 0 Å². The maximum atomic E-state index is 9.65. The molecule has 5 nitrogen and oxygen atoms in total. The number of pyridine rings is 1. The lowest BCUT2D eigenvalue weighted by Crippen LogP contribution is -2.28. The number of H-pyrrole nitrogens is 1. The van der Waals surface area contributed by atoms with Gasteiger partial charge in [0.15, 0.2) is 0 Å². The highest BCUT2D eigenvalue weighted by Crippen LogP contribution is 2.21. The molecule has 0 bridgehead atoms. The van der Waals surface area contributed by atoms with Crippen molar-refractivity contribution in [2.45, 2.75) is 19.8 Å². The average Bonchev–Trinajstić information content (AvgIpc) is 2.95. The minimum absolute atomic E-state index is 0.632. The second kappa shape index (κ2) is 6.67. The van der Waals surface area contributed by atoms with E-state index in [2.05, 4.69) is 39.8 Å². The minimum atomic E-state index is 0.632. The van der Waals surface area contributed by atoms with Crippen molar-refractivity contribution in [1.82, 2.24) is 4.98 Å². The third-order valence-electron chi connectivity index (χ3n) is 3.97. The van der Waals surface area contributed by atoms with E-state index in [4.69, 9.17) is 4.74 Å². The molecule has 0 saturated heterocycles. The minimum Gasteiger partial charge on any atom is -0.381 e. The first-order valence-electron chi connectivity index (χ1n) is 7.91. The Bertz CT molecular complexity index is 876. The first-order valence-corrected chi connectivity index (χ1v) is 7.91. The predicted octanol–water partition coefficient (Wildman–Crippen LogP) is 2.79. The lowest BCUT2D eigenvalue weighted by Gasteiger charge is -2.08. The van der Waals surface area contributed by atoms with Crippen molar-refractivity contribution >= 4 is 22.5 Å². The van der Waals surface area contributed by atoms with Crippen molar-refractivity contribution in [2.75, 3.05) is 25.6 Å². The van der Waals surface area contributed by atoms with Gasteiger partial charge >= 0.3 is 0 Å². The maximum Gasteiger partial charge on any atom is 0.250 e. The fourth-order valence-electron chi connectivity index (χ4n) is 2.96. The summed E-state index contributed by atoms with van der Waals surface area (Å²) in [6, 6.07) is 12.6. The highest BCUT2D eigenvalue weighted by Gasteiger charge is 2.21. The van der Waals surface area contributed by atoms with Crippen LogP contribution in [0, 0.1) is 11.3 Å². The van der Waals surface area contributed by atoms with Gasteiger partial charge in [-0.1, -0.05) is 25.5 Å². The molecule has 0 fully saturated rings. The number of para-hydroxylation sites is 2. The maximum absolute atomic E-state index is 9.65. The molecule has 2 aromatic heterocycles. The van der Waals surface area contributed by atoms with Crippen LogP contribution >= 0.6 is 0 Å². The molecular formula is C18H21N4O+. The van der Waals surface area contributed by atoms with E-state index in [9.17, 15) is 5.26 Å². The number of aromatic nitrogens is 2.